The number of nitrogens with one attached hydrogen (secondary N) is 1. The van der Waals surface area contributed by atoms with Gasteiger partial charge in [-0.25, -0.2) is 0 Å². The molecule has 0 spiro atoms. The molecule has 1 nitrogen and oxygen atoms in total. The highest BCUT2D eigenvalue weighted by molar-refractivity contribution is 5.47. The molecule has 1 N–H and O–H groups in total. The third kappa shape index (κ3) is 3.88. The topological polar surface area (TPSA) is 12.0 Å². The van der Waals surface area contributed by atoms with Crippen LogP contribution in [0.5, 0.6) is 0 Å². The van der Waals surface area contributed by atoms with Gasteiger partial charge in [0.1, 0.15) is 0 Å². The summed E-state index contributed by atoms with van der Waals surface area (Å²) < 4.78 is 0. The van der Waals surface area contributed by atoms with E-state index < -0.39 is 0 Å². The van der Waals surface area contributed by atoms with Gasteiger partial charge in [0.2, 0.25) is 0 Å². The van der Waals surface area contributed by atoms with Gasteiger partial charge in [-0.15, -0.1) is 0 Å². The second kappa shape index (κ2) is 6.57. The quantitative estimate of drug-likeness (QED) is 0.724. The third-order valence-corrected chi connectivity index (χ3v) is 3.05. The molecule has 0 aliphatic carbocycles. The van der Waals surface area contributed by atoms with Crippen molar-refractivity contribution in [3.8, 4) is 0 Å². The summed E-state index contributed by atoms with van der Waals surface area (Å²) in [5.41, 5.74) is 2.68. The highest BCUT2D eigenvalue weighted by Crippen LogP contribution is 2.20. The molecule has 1 aromatic rings. The molecule has 0 aromatic heterocycles. The fraction of sp³-hybridized carbons (Fsp3) is 0.600. The number of hydrogen-bond acceptors (Lipinski definition) is 1. The zero-order valence-corrected chi connectivity index (χ0v) is 11.1. The van der Waals surface area contributed by atoms with E-state index in [0.29, 0.717) is 12.0 Å². The minimum atomic E-state index is 0.605. The van der Waals surface area contributed by atoms with Crippen LogP contribution in [-0.2, 0) is 0 Å². The van der Waals surface area contributed by atoms with E-state index in [4.69, 9.17) is 0 Å². The number of rotatable bonds is 6. The molecule has 1 unspecified atom stereocenters. The first-order chi connectivity index (χ1) is 7.67. The zero-order valence-electron chi connectivity index (χ0n) is 11.1. The Morgan fingerprint density at radius 2 is 1.94 bits per heavy atom. The van der Waals surface area contributed by atoms with Gasteiger partial charge in [0.15, 0.2) is 0 Å². The van der Waals surface area contributed by atoms with Crippen LogP contribution in [0.15, 0.2) is 24.3 Å². The van der Waals surface area contributed by atoms with Crippen LogP contribution in [0.2, 0.25) is 0 Å². The van der Waals surface area contributed by atoms with Gasteiger partial charge in [0.25, 0.3) is 0 Å². The molecule has 0 amide bonds. The molecule has 0 aliphatic heterocycles. The minimum absolute atomic E-state index is 0.605. The smallest absolute Gasteiger partial charge is 0.0345 e. The fourth-order valence-electron chi connectivity index (χ4n) is 1.95. The predicted octanol–water partition coefficient (Wildman–Crippen LogP) is 4.80. The van der Waals surface area contributed by atoms with Gasteiger partial charge >= 0.3 is 0 Å². The molecule has 0 saturated heterocycles. The van der Waals surface area contributed by atoms with Crippen LogP contribution in [0.1, 0.15) is 58.4 Å². The summed E-state index contributed by atoms with van der Waals surface area (Å²) in [6.07, 6.45) is 3.69. The lowest BCUT2D eigenvalue weighted by atomic mass is 10.0. The van der Waals surface area contributed by atoms with Gasteiger partial charge in [-0.05, 0) is 36.5 Å². The lowest BCUT2D eigenvalue weighted by molar-refractivity contribution is 0.622. The summed E-state index contributed by atoms with van der Waals surface area (Å²) in [5, 5.41) is 3.62. The van der Waals surface area contributed by atoms with Gasteiger partial charge in [-0.2, -0.15) is 0 Å². The van der Waals surface area contributed by atoms with E-state index in [2.05, 4.69) is 57.3 Å². The summed E-state index contributed by atoms with van der Waals surface area (Å²) in [6, 6.07) is 9.42. The Morgan fingerprint density at radius 1 is 1.19 bits per heavy atom. The summed E-state index contributed by atoms with van der Waals surface area (Å²) in [4.78, 5) is 0. The molecule has 1 atom stereocenters. The van der Waals surface area contributed by atoms with E-state index >= 15 is 0 Å². The van der Waals surface area contributed by atoms with Crippen LogP contribution in [0.25, 0.3) is 0 Å². The maximum Gasteiger partial charge on any atom is 0.0345 e. The fourth-order valence-corrected chi connectivity index (χ4v) is 1.95. The summed E-state index contributed by atoms with van der Waals surface area (Å²) in [5.74, 6) is 0.605. The Kier molecular flexibility index (Phi) is 5.37. The number of benzene rings is 1. The Morgan fingerprint density at radius 3 is 2.50 bits per heavy atom. The largest absolute Gasteiger partial charge is 0.382 e. The van der Waals surface area contributed by atoms with Crippen molar-refractivity contribution in [2.24, 2.45) is 0 Å². The van der Waals surface area contributed by atoms with Gasteiger partial charge in [-0.3, -0.25) is 0 Å². The van der Waals surface area contributed by atoms with Crippen molar-refractivity contribution in [1.82, 2.24) is 0 Å². The molecule has 1 rings (SSSR count). The maximum atomic E-state index is 3.62. The Bertz CT molecular complexity index is 304. The first kappa shape index (κ1) is 13.1. The molecule has 0 fully saturated rings. The lowest BCUT2D eigenvalue weighted by Crippen LogP contribution is -2.17. The van der Waals surface area contributed by atoms with Crippen molar-refractivity contribution in [2.75, 3.05) is 5.32 Å². The van der Waals surface area contributed by atoms with Crippen molar-refractivity contribution in [2.45, 2.75) is 58.9 Å². The first-order valence-electron chi connectivity index (χ1n) is 6.53. The van der Waals surface area contributed by atoms with Gasteiger partial charge in [0.05, 0.1) is 0 Å². The van der Waals surface area contributed by atoms with Crippen LogP contribution in [-0.4, -0.2) is 6.04 Å². The van der Waals surface area contributed by atoms with Crippen molar-refractivity contribution in [3.05, 3.63) is 29.8 Å². The van der Waals surface area contributed by atoms with E-state index in [-0.39, 0.29) is 0 Å². The molecule has 0 aliphatic rings. The van der Waals surface area contributed by atoms with Crippen LogP contribution in [0, 0.1) is 0 Å². The highest BCUT2D eigenvalue weighted by Gasteiger charge is 2.05. The van der Waals surface area contributed by atoms with Crippen molar-refractivity contribution < 1.29 is 0 Å². The standard InChI is InChI=1S/C15H25N/c1-5-8-14(6-2)16-15-10-7-9-13(11-15)12(3)4/h7,9-12,14,16H,5-6,8H2,1-4H3. The predicted molar refractivity (Wildman–Crippen MR) is 73.1 cm³/mol. The second-order valence-electron chi connectivity index (χ2n) is 4.82. The SMILES string of the molecule is CCCC(CC)Nc1cccc(C(C)C)c1. The normalized spacial score (nSPS) is 12.8. The van der Waals surface area contributed by atoms with Crippen molar-refractivity contribution in [1.29, 1.82) is 0 Å². The molecule has 0 radical (unpaired) electrons. The van der Waals surface area contributed by atoms with Crippen LogP contribution >= 0.6 is 0 Å². The van der Waals surface area contributed by atoms with E-state index in [1.165, 1.54) is 30.5 Å². The minimum Gasteiger partial charge on any atom is -0.382 e. The number of anilines is 1. The van der Waals surface area contributed by atoms with E-state index in [0.717, 1.165) is 0 Å². The molecular formula is C15H25N. The number of hydrogen-bond donors (Lipinski definition) is 1. The van der Waals surface area contributed by atoms with E-state index in [9.17, 15) is 0 Å². The molecule has 1 heteroatoms. The summed E-state index contributed by atoms with van der Waals surface area (Å²) >= 11 is 0. The van der Waals surface area contributed by atoms with Gasteiger partial charge < -0.3 is 5.32 Å². The van der Waals surface area contributed by atoms with Gasteiger partial charge in [0, 0.05) is 11.7 Å². The Labute approximate surface area is 100 Å². The molecular weight excluding hydrogens is 194 g/mol. The molecule has 0 heterocycles. The molecule has 1 aromatic carbocycles. The average Bonchev–Trinajstić information content (AvgIpc) is 2.29. The monoisotopic (exact) mass is 219 g/mol. The second-order valence-corrected chi connectivity index (χ2v) is 4.82. The molecule has 0 bridgehead atoms. The van der Waals surface area contributed by atoms with Crippen molar-refractivity contribution in [3.63, 3.8) is 0 Å². The summed E-state index contributed by atoms with van der Waals surface area (Å²) in [6.45, 7) is 8.97. The average molecular weight is 219 g/mol. The Balaban J connectivity index is 2.68. The Hall–Kier alpha value is -0.980. The van der Waals surface area contributed by atoms with Gasteiger partial charge in [-0.1, -0.05) is 46.2 Å². The first-order valence-corrected chi connectivity index (χ1v) is 6.53. The zero-order chi connectivity index (χ0) is 12.0. The van der Waals surface area contributed by atoms with E-state index in [1.807, 2.05) is 0 Å². The van der Waals surface area contributed by atoms with Crippen LogP contribution < -0.4 is 5.32 Å². The summed E-state index contributed by atoms with van der Waals surface area (Å²) in [7, 11) is 0. The van der Waals surface area contributed by atoms with E-state index in [1.54, 1.807) is 0 Å². The van der Waals surface area contributed by atoms with Crippen molar-refractivity contribution >= 4 is 5.69 Å². The van der Waals surface area contributed by atoms with Crippen LogP contribution in [0.4, 0.5) is 5.69 Å². The molecule has 0 saturated carbocycles. The molecule has 16 heavy (non-hydrogen) atoms. The van der Waals surface area contributed by atoms with Crippen LogP contribution in [0.3, 0.4) is 0 Å². The third-order valence-electron chi connectivity index (χ3n) is 3.05. The maximum absolute atomic E-state index is 3.62. The molecule has 90 valence electrons. The lowest BCUT2D eigenvalue weighted by Gasteiger charge is -2.18. The highest BCUT2D eigenvalue weighted by atomic mass is 14.9.